The maximum Gasteiger partial charge on any atom is 0.411 e. The lowest BCUT2D eigenvalue weighted by molar-refractivity contribution is -0.141. The highest BCUT2D eigenvalue weighted by molar-refractivity contribution is 7.00. The molecule has 0 unspecified atom stereocenters. The Labute approximate surface area is 198 Å². The van der Waals surface area contributed by atoms with E-state index >= 15 is 0 Å². The van der Waals surface area contributed by atoms with Crippen molar-refractivity contribution in [2.45, 2.75) is 64.6 Å². The SMILES string of the molecule is CC(C)(C)OC(=O)N1C[C@H]2C[C@H]2[C@H]1C(=O)O[Si](c1ccccc1)(c1ccccc1)C(C)(C)C. The molecule has 4 rings (SSSR count). The molecule has 33 heavy (non-hydrogen) atoms. The van der Waals surface area contributed by atoms with Crippen LogP contribution in [0.5, 0.6) is 0 Å². The quantitative estimate of drug-likeness (QED) is 0.630. The predicted molar refractivity (Wildman–Crippen MR) is 132 cm³/mol. The second kappa shape index (κ2) is 8.31. The van der Waals surface area contributed by atoms with Crippen LogP contribution in [0.25, 0.3) is 0 Å². The Balaban J connectivity index is 1.74. The molecule has 3 atom stereocenters. The van der Waals surface area contributed by atoms with Crippen molar-refractivity contribution < 1.29 is 18.8 Å². The Morgan fingerprint density at radius 2 is 1.39 bits per heavy atom. The van der Waals surface area contributed by atoms with Gasteiger partial charge >= 0.3 is 20.4 Å². The van der Waals surface area contributed by atoms with E-state index in [1.807, 2.05) is 57.2 Å². The molecule has 0 radical (unpaired) electrons. The summed E-state index contributed by atoms with van der Waals surface area (Å²) in [5.41, 5.74) is -0.615. The summed E-state index contributed by atoms with van der Waals surface area (Å²) < 4.78 is 12.3. The highest BCUT2D eigenvalue weighted by atomic mass is 28.4. The van der Waals surface area contributed by atoms with E-state index in [9.17, 15) is 9.59 Å². The zero-order chi connectivity index (χ0) is 24.0. The van der Waals surface area contributed by atoms with Gasteiger partial charge in [0.05, 0.1) is 0 Å². The van der Waals surface area contributed by atoms with Crippen LogP contribution in [-0.4, -0.2) is 43.5 Å². The van der Waals surface area contributed by atoms with Crippen molar-refractivity contribution in [3.63, 3.8) is 0 Å². The van der Waals surface area contributed by atoms with E-state index in [4.69, 9.17) is 9.16 Å². The molecule has 1 heterocycles. The van der Waals surface area contributed by atoms with E-state index in [0.717, 1.165) is 16.8 Å². The van der Waals surface area contributed by atoms with Gasteiger partial charge < -0.3 is 9.16 Å². The fourth-order valence-corrected chi connectivity index (χ4v) is 9.49. The van der Waals surface area contributed by atoms with Gasteiger partial charge in [-0.05, 0) is 54.4 Å². The predicted octanol–water partition coefficient (Wildman–Crippen LogP) is 4.35. The van der Waals surface area contributed by atoms with Crippen molar-refractivity contribution in [1.29, 1.82) is 0 Å². The number of piperidine rings is 1. The first kappa shape index (κ1) is 23.6. The van der Waals surface area contributed by atoms with Crippen molar-refractivity contribution in [2.24, 2.45) is 11.8 Å². The summed E-state index contributed by atoms with van der Waals surface area (Å²) in [6.45, 7) is 12.5. The summed E-state index contributed by atoms with van der Waals surface area (Å²) in [6, 6.07) is 19.6. The van der Waals surface area contributed by atoms with E-state index in [1.165, 1.54) is 0 Å². The first-order valence-electron chi connectivity index (χ1n) is 11.8. The van der Waals surface area contributed by atoms with E-state index in [1.54, 1.807) is 4.90 Å². The maximum atomic E-state index is 13.9. The van der Waals surface area contributed by atoms with Gasteiger partial charge in [-0.1, -0.05) is 81.4 Å². The molecule has 0 bridgehead atoms. The monoisotopic (exact) mass is 465 g/mol. The second-order valence-corrected chi connectivity index (χ2v) is 15.5. The number of hydrogen-bond donors (Lipinski definition) is 0. The molecule has 176 valence electrons. The lowest BCUT2D eigenvalue weighted by atomic mass is 10.2. The van der Waals surface area contributed by atoms with Crippen LogP contribution in [0, 0.1) is 11.8 Å². The van der Waals surface area contributed by atoms with Gasteiger partial charge in [-0.15, -0.1) is 0 Å². The van der Waals surface area contributed by atoms with Crippen molar-refractivity contribution in [3.8, 4) is 0 Å². The largest absolute Gasteiger partial charge is 0.508 e. The lowest BCUT2D eigenvalue weighted by Crippen LogP contribution is -2.68. The van der Waals surface area contributed by atoms with Gasteiger partial charge in [0.1, 0.15) is 11.6 Å². The summed E-state index contributed by atoms with van der Waals surface area (Å²) in [5.74, 6) is 0.206. The molecule has 2 aromatic rings. The first-order valence-corrected chi connectivity index (χ1v) is 13.7. The summed E-state index contributed by atoms with van der Waals surface area (Å²) in [7, 11) is -3.03. The Morgan fingerprint density at radius 1 is 0.879 bits per heavy atom. The van der Waals surface area contributed by atoms with E-state index in [0.29, 0.717) is 12.5 Å². The molecule has 0 aromatic heterocycles. The molecule has 2 aliphatic rings. The zero-order valence-corrected chi connectivity index (χ0v) is 21.5. The number of carbonyl (C=O) groups is 2. The minimum absolute atomic E-state index is 0.156. The molecule has 0 spiro atoms. The highest BCUT2D eigenvalue weighted by Gasteiger charge is 2.61. The topological polar surface area (TPSA) is 55.8 Å². The number of rotatable bonds is 4. The minimum atomic E-state index is -3.03. The Bertz CT molecular complexity index is 970. The summed E-state index contributed by atoms with van der Waals surface area (Å²) >= 11 is 0. The van der Waals surface area contributed by atoms with Crippen LogP contribution in [0.2, 0.25) is 5.04 Å². The number of ether oxygens (including phenoxy) is 1. The fraction of sp³-hybridized carbons (Fsp3) is 0.481. The van der Waals surface area contributed by atoms with E-state index < -0.39 is 26.1 Å². The van der Waals surface area contributed by atoms with Gasteiger partial charge in [-0.3, -0.25) is 9.69 Å². The van der Waals surface area contributed by atoms with Crippen LogP contribution >= 0.6 is 0 Å². The molecule has 2 aromatic carbocycles. The summed E-state index contributed by atoms with van der Waals surface area (Å²) in [5, 5.41) is 1.78. The molecule has 5 nitrogen and oxygen atoms in total. The van der Waals surface area contributed by atoms with Gasteiger partial charge in [-0.2, -0.15) is 0 Å². The number of likely N-dealkylation sites (tertiary alicyclic amines) is 1. The average Bonchev–Trinajstić information content (AvgIpc) is 3.40. The van der Waals surface area contributed by atoms with Crippen LogP contribution < -0.4 is 10.4 Å². The van der Waals surface area contributed by atoms with Crippen molar-refractivity contribution in [3.05, 3.63) is 60.7 Å². The normalized spacial score (nSPS) is 22.5. The van der Waals surface area contributed by atoms with Crippen LogP contribution in [0.3, 0.4) is 0 Å². The van der Waals surface area contributed by atoms with Gasteiger partial charge in [0, 0.05) is 6.54 Å². The molecule has 1 saturated heterocycles. The third-order valence-corrected chi connectivity index (χ3v) is 11.6. The lowest BCUT2D eigenvalue weighted by Gasteiger charge is -2.43. The van der Waals surface area contributed by atoms with Crippen LogP contribution in [0.15, 0.2) is 60.7 Å². The Hall–Kier alpha value is -2.60. The highest BCUT2D eigenvalue weighted by Crippen LogP contribution is 2.51. The van der Waals surface area contributed by atoms with Gasteiger partial charge in [0.25, 0.3) is 0 Å². The van der Waals surface area contributed by atoms with Crippen molar-refractivity contribution in [1.82, 2.24) is 4.90 Å². The number of benzene rings is 2. The molecule has 1 amide bonds. The standard InChI is InChI=1S/C27H35NO4Si/c1-26(2,3)31-25(30)28-18-19-17-22(19)23(28)24(29)32-33(27(4,5)6,20-13-9-7-10-14-20)21-15-11-8-12-16-21/h7-16,19,22-23H,17-18H2,1-6H3/t19-,22-,23+/m1/s1. The molecule has 2 fully saturated rings. The number of carbonyl (C=O) groups excluding carboxylic acids is 2. The molecule has 1 saturated carbocycles. The number of fused-ring (bicyclic) bond motifs is 1. The Kier molecular flexibility index (Phi) is 5.93. The van der Waals surface area contributed by atoms with Gasteiger partial charge in [0.2, 0.25) is 0 Å². The smallest absolute Gasteiger partial charge is 0.411 e. The number of amides is 1. The first-order chi connectivity index (χ1) is 15.4. The van der Waals surface area contributed by atoms with Crippen molar-refractivity contribution >= 4 is 30.8 Å². The zero-order valence-electron chi connectivity index (χ0n) is 20.5. The third-order valence-electron chi connectivity index (χ3n) is 6.69. The van der Waals surface area contributed by atoms with Gasteiger partial charge in [0.15, 0.2) is 0 Å². The fourth-order valence-electron chi connectivity index (χ4n) is 5.14. The molecule has 0 N–H and O–H groups in total. The van der Waals surface area contributed by atoms with E-state index in [-0.39, 0.29) is 16.9 Å². The molecule has 1 aliphatic carbocycles. The maximum absolute atomic E-state index is 13.9. The third kappa shape index (κ3) is 4.45. The second-order valence-electron chi connectivity index (χ2n) is 11.3. The molecular formula is C27H35NO4Si. The average molecular weight is 466 g/mol. The molecular weight excluding hydrogens is 430 g/mol. The van der Waals surface area contributed by atoms with Gasteiger partial charge in [-0.25, -0.2) is 4.79 Å². The molecule has 6 heteroatoms. The van der Waals surface area contributed by atoms with Crippen molar-refractivity contribution in [2.75, 3.05) is 6.54 Å². The van der Waals surface area contributed by atoms with Crippen LogP contribution in [0.4, 0.5) is 4.79 Å². The summed E-state index contributed by atoms with van der Waals surface area (Å²) in [6.07, 6.45) is 0.527. The Morgan fingerprint density at radius 3 is 1.85 bits per heavy atom. The molecule has 1 aliphatic heterocycles. The van der Waals surface area contributed by atoms with Crippen LogP contribution in [0.1, 0.15) is 48.0 Å². The minimum Gasteiger partial charge on any atom is -0.508 e. The summed E-state index contributed by atoms with van der Waals surface area (Å²) in [4.78, 5) is 28.5. The number of hydrogen-bond acceptors (Lipinski definition) is 4. The van der Waals surface area contributed by atoms with Crippen LogP contribution in [-0.2, 0) is 14.0 Å². The number of nitrogens with zero attached hydrogens (tertiary/aromatic N) is 1. The van der Waals surface area contributed by atoms with E-state index in [2.05, 4.69) is 45.0 Å².